The van der Waals surface area contributed by atoms with Crippen molar-refractivity contribution in [1.29, 1.82) is 0 Å². The molecule has 90 valence electrons. The van der Waals surface area contributed by atoms with E-state index in [1.807, 2.05) is 19.4 Å². The molecular weight excluding hydrogens is 200 g/mol. The molecular formula is C12H22N4. The smallest absolute Gasteiger partial charge is 0.146 e. The molecule has 0 radical (unpaired) electrons. The highest BCUT2D eigenvalue weighted by Gasteiger charge is 2.09. The van der Waals surface area contributed by atoms with Crippen molar-refractivity contribution in [3.63, 3.8) is 0 Å². The van der Waals surface area contributed by atoms with Gasteiger partial charge in [0.2, 0.25) is 0 Å². The largest absolute Gasteiger partial charge is 0.359 e. The zero-order valence-corrected chi connectivity index (χ0v) is 10.9. The third-order valence-electron chi connectivity index (χ3n) is 2.36. The van der Waals surface area contributed by atoms with Crippen molar-refractivity contribution in [3.05, 3.63) is 18.1 Å². The molecule has 4 nitrogen and oxygen atoms in total. The zero-order valence-electron chi connectivity index (χ0n) is 10.9. The lowest BCUT2D eigenvalue weighted by molar-refractivity contribution is 0.421. The summed E-state index contributed by atoms with van der Waals surface area (Å²) in [6.07, 6.45) is 3.66. The maximum atomic E-state index is 4.38. The van der Waals surface area contributed by atoms with E-state index >= 15 is 0 Å². The third kappa shape index (κ3) is 4.14. The van der Waals surface area contributed by atoms with Gasteiger partial charge in [0.25, 0.3) is 0 Å². The molecule has 1 N–H and O–H groups in total. The van der Waals surface area contributed by atoms with Gasteiger partial charge in [-0.25, -0.2) is 4.98 Å². The maximum absolute atomic E-state index is 4.38. The standard InChI is InChI=1S/C12H22N4/c1-6-16(5)11-9-13-10(7-14-11)8-15-12(2,3)4/h7,9,15H,6,8H2,1-5H3. The van der Waals surface area contributed by atoms with Crippen molar-refractivity contribution in [1.82, 2.24) is 15.3 Å². The van der Waals surface area contributed by atoms with E-state index in [1.54, 1.807) is 0 Å². The van der Waals surface area contributed by atoms with E-state index in [0.29, 0.717) is 0 Å². The molecule has 0 aliphatic rings. The Morgan fingerprint density at radius 2 is 1.94 bits per heavy atom. The first-order valence-corrected chi connectivity index (χ1v) is 5.69. The molecule has 0 amide bonds. The lowest BCUT2D eigenvalue weighted by Crippen LogP contribution is -2.35. The summed E-state index contributed by atoms with van der Waals surface area (Å²) in [5.41, 5.74) is 1.09. The van der Waals surface area contributed by atoms with E-state index in [1.165, 1.54) is 0 Å². The predicted octanol–water partition coefficient (Wildman–Crippen LogP) is 1.82. The van der Waals surface area contributed by atoms with Crippen LogP contribution in [0, 0.1) is 0 Å². The summed E-state index contributed by atoms with van der Waals surface area (Å²) in [6.45, 7) is 10.2. The molecule has 0 bridgehead atoms. The van der Waals surface area contributed by atoms with Crippen LogP contribution in [0.4, 0.5) is 5.82 Å². The number of anilines is 1. The summed E-state index contributed by atoms with van der Waals surface area (Å²) in [6, 6.07) is 0. The second-order valence-corrected chi connectivity index (χ2v) is 4.98. The Bertz CT molecular complexity index is 313. The number of nitrogens with zero attached hydrogens (tertiary/aromatic N) is 3. The minimum absolute atomic E-state index is 0.112. The van der Waals surface area contributed by atoms with Gasteiger partial charge in [0.15, 0.2) is 0 Å². The molecule has 4 heteroatoms. The van der Waals surface area contributed by atoms with Crippen LogP contribution in [0.1, 0.15) is 33.4 Å². The third-order valence-corrected chi connectivity index (χ3v) is 2.36. The van der Waals surface area contributed by atoms with Crippen LogP contribution in [0.25, 0.3) is 0 Å². The fourth-order valence-corrected chi connectivity index (χ4v) is 1.15. The number of rotatable bonds is 4. The van der Waals surface area contributed by atoms with Crippen LogP contribution in [0.3, 0.4) is 0 Å². The minimum Gasteiger partial charge on any atom is -0.359 e. The fraction of sp³-hybridized carbons (Fsp3) is 0.667. The predicted molar refractivity (Wildman–Crippen MR) is 67.6 cm³/mol. The highest BCUT2D eigenvalue weighted by molar-refractivity contribution is 5.33. The van der Waals surface area contributed by atoms with E-state index in [9.17, 15) is 0 Å². The Hall–Kier alpha value is -1.16. The first-order chi connectivity index (χ1) is 7.42. The molecule has 1 aromatic rings. The molecule has 0 fully saturated rings. The average molecular weight is 222 g/mol. The first-order valence-electron chi connectivity index (χ1n) is 5.69. The lowest BCUT2D eigenvalue weighted by atomic mass is 10.1. The van der Waals surface area contributed by atoms with E-state index in [4.69, 9.17) is 0 Å². The normalized spacial score (nSPS) is 11.6. The van der Waals surface area contributed by atoms with Gasteiger partial charge in [-0.1, -0.05) is 0 Å². The fourth-order valence-electron chi connectivity index (χ4n) is 1.15. The molecule has 1 aromatic heterocycles. The molecule has 16 heavy (non-hydrogen) atoms. The first kappa shape index (κ1) is 12.9. The Morgan fingerprint density at radius 1 is 1.25 bits per heavy atom. The van der Waals surface area contributed by atoms with Gasteiger partial charge in [-0.15, -0.1) is 0 Å². The highest BCUT2D eigenvalue weighted by atomic mass is 15.2. The van der Waals surface area contributed by atoms with Gasteiger partial charge in [-0.2, -0.15) is 0 Å². The molecule has 0 atom stereocenters. The Labute approximate surface area is 98.1 Å². The Morgan fingerprint density at radius 3 is 2.38 bits per heavy atom. The number of hydrogen-bond acceptors (Lipinski definition) is 4. The van der Waals surface area contributed by atoms with Crippen molar-refractivity contribution in [3.8, 4) is 0 Å². The number of aromatic nitrogens is 2. The maximum Gasteiger partial charge on any atom is 0.146 e. The summed E-state index contributed by atoms with van der Waals surface area (Å²) >= 11 is 0. The molecule has 0 aliphatic carbocycles. The molecule has 0 unspecified atom stereocenters. The van der Waals surface area contributed by atoms with Crippen molar-refractivity contribution >= 4 is 5.82 Å². The summed E-state index contributed by atoms with van der Waals surface area (Å²) in [7, 11) is 2.01. The summed E-state index contributed by atoms with van der Waals surface area (Å²) in [4.78, 5) is 10.8. The average Bonchev–Trinajstić information content (AvgIpc) is 2.25. The van der Waals surface area contributed by atoms with E-state index in [0.717, 1.165) is 24.6 Å². The van der Waals surface area contributed by atoms with Crippen LogP contribution in [-0.2, 0) is 6.54 Å². The topological polar surface area (TPSA) is 41.1 Å². The minimum atomic E-state index is 0.112. The lowest BCUT2D eigenvalue weighted by Gasteiger charge is -2.20. The van der Waals surface area contributed by atoms with Gasteiger partial charge in [-0.3, -0.25) is 4.98 Å². The molecule has 0 aliphatic heterocycles. The summed E-state index contributed by atoms with van der Waals surface area (Å²) in [5.74, 6) is 0.919. The summed E-state index contributed by atoms with van der Waals surface area (Å²) < 4.78 is 0. The van der Waals surface area contributed by atoms with Crippen molar-refractivity contribution in [2.75, 3.05) is 18.5 Å². The molecule has 0 saturated carbocycles. The number of nitrogens with one attached hydrogen (secondary N) is 1. The second kappa shape index (κ2) is 5.25. The van der Waals surface area contributed by atoms with Crippen LogP contribution in [0.2, 0.25) is 0 Å². The van der Waals surface area contributed by atoms with Gasteiger partial charge in [0.05, 0.1) is 18.1 Å². The van der Waals surface area contributed by atoms with Gasteiger partial charge in [0.1, 0.15) is 5.82 Å². The van der Waals surface area contributed by atoms with Gasteiger partial charge in [-0.05, 0) is 27.7 Å². The Kier molecular flexibility index (Phi) is 4.24. The van der Waals surface area contributed by atoms with Crippen molar-refractivity contribution in [2.24, 2.45) is 0 Å². The van der Waals surface area contributed by atoms with Crippen LogP contribution in [0.15, 0.2) is 12.4 Å². The zero-order chi connectivity index (χ0) is 12.2. The SMILES string of the molecule is CCN(C)c1cnc(CNC(C)(C)C)cn1. The van der Waals surface area contributed by atoms with E-state index in [2.05, 4.69) is 47.9 Å². The van der Waals surface area contributed by atoms with Gasteiger partial charge >= 0.3 is 0 Å². The monoisotopic (exact) mass is 222 g/mol. The van der Waals surface area contributed by atoms with E-state index < -0.39 is 0 Å². The molecule has 0 aromatic carbocycles. The van der Waals surface area contributed by atoms with Crippen molar-refractivity contribution < 1.29 is 0 Å². The summed E-state index contributed by atoms with van der Waals surface area (Å²) in [5, 5.41) is 3.38. The molecule has 1 rings (SSSR count). The van der Waals surface area contributed by atoms with Crippen LogP contribution in [-0.4, -0.2) is 29.1 Å². The quantitative estimate of drug-likeness (QED) is 0.843. The number of hydrogen-bond donors (Lipinski definition) is 1. The van der Waals surface area contributed by atoms with Gasteiger partial charge in [0, 0.05) is 25.7 Å². The van der Waals surface area contributed by atoms with Crippen LogP contribution >= 0.6 is 0 Å². The second-order valence-electron chi connectivity index (χ2n) is 4.98. The highest BCUT2D eigenvalue weighted by Crippen LogP contribution is 2.07. The van der Waals surface area contributed by atoms with E-state index in [-0.39, 0.29) is 5.54 Å². The molecule has 0 spiro atoms. The Balaban J connectivity index is 2.58. The van der Waals surface area contributed by atoms with Crippen LogP contribution < -0.4 is 10.2 Å². The molecule has 1 heterocycles. The molecule has 0 saturated heterocycles. The van der Waals surface area contributed by atoms with Crippen molar-refractivity contribution in [2.45, 2.75) is 39.8 Å². The van der Waals surface area contributed by atoms with Gasteiger partial charge < -0.3 is 10.2 Å². The van der Waals surface area contributed by atoms with Crippen LogP contribution in [0.5, 0.6) is 0 Å².